The van der Waals surface area contributed by atoms with Gasteiger partial charge in [0.2, 0.25) is 11.8 Å². The van der Waals surface area contributed by atoms with Gasteiger partial charge >= 0.3 is 0 Å². The lowest BCUT2D eigenvalue weighted by Crippen LogP contribution is -2.47. The minimum atomic E-state index is -0.737. The fraction of sp³-hybridized carbons (Fsp3) is 0.386. The number of benzene rings is 2. The van der Waals surface area contributed by atoms with Crippen molar-refractivity contribution in [1.29, 1.82) is 0 Å². The molecule has 2 atom stereocenters. The van der Waals surface area contributed by atoms with Gasteiger partial charge in [-0.15, -0.1) is 5.10 Å². The number of imide groups is 2. The molecule has 4 aliphatic rings. The van der Waals surface area contributed by atoms with E-state index in [1.165, 1.54) is 6.07 Å². The van der Waals surface area contributed by atoms with E-state index in [2.05, 4.69) is 35.6 Å². The summed E-state index contributed by atoms with van der Waals surface area (Å²) in [4.78, 5) is 66.1. The van der Waals surface area contributed by atoms with Gasteiger partial charge in [-0.05, 0) is 73.4 Å². The average Bonchev–Trinajstić information content (AvgIpc) is 4.01. The third kappa shape index (κ3) is 8.53. The van der Waals surface area contributed by atoms with Crippen molar-refractivity contribution >= 4 is 46.6 Å². The summed E-state index contributed by atoms with van der Waals surface area (Å²) in [6.45, 7) is 7.20. The minimum absolute atomic E-state index is 0.0605. The molecule has 4 aliphatic heterocycles. The number of piperazine rings is 1. The molecule has 0 spiro atoms. The number of amides is 4. The standard InChI is InChI=1S/C44H47FN10O6/c45-29-5-1-4-28(26-29)34-7-3-16-54(34)38-13-12-36-47-27-35(55(36)51-38)32-6-2-8-37(48-32)53-19-17-52(18-20-53)21-23-61-25-24-60-22-15-46-33-11-9-31-41(44(59)50-43(31)58)40(33)30-10-14-39(56)49-42(30)57/h1-2,4-6,8-9,11-13,26-27,30,34,46H,3,7,10,14-25H2,(H,49,56,57)(H,50,58,59)/t30?,34-/m0/s1. The first kappa shape index (κ1) is 40.1. The molecule has 9 rings (SSSR count). The molecule has 1 unspecified atom stereocenters. The quantitative estimate of drug-likeness (QED) is 0.102. The Balaban J connectivity index is 0.718. The largest absolute Gasteiger partial charge is 0.382 e. The Kier molecular flexibility index (Phi) is 11.7. The Morgan fingerprint density at radius 3 is 2.49 bits per heavy atom. The van der Waals surface area contributed by atoms with Crippen LogP contribution < -0.4 is 25.8 Å². The van der Waals surface area contributed by atoms with Crippen LogP contribution in [0.15, 0.2) is 72.9 Å². The second-order valence-corrected chi connectivity index (χ2v) is 15.6. The molecule has 17 heteroatoms. The molecule has 0 aliphatic carbocycles. The smallest absolute Gasteiger partial charge is 0.259 e. The van der Waals surface area contributed by atoms with Crippen LogP contribution in [-0.2, 0) is 19.1 Å². The molecule has 0 saturated carbocycles. The number of rotatable bonds is 15. The van der Waals surface area contributed by atoms with Crippen molar-refractivity contribution in [2.45, 2.75) is 37.6 Å². The zero-order valence-electron chi connectivity index (χ0n) is 33.6. The number of nitrogens with one attached hydrogen (secondary N) is 3. The molecule has 5 aromatic rings. The van der Waals surface area contributed by atoms with E-state index in [0.29, 0.717) is 44.2 Å². The van der Waals surface area contributed by atoms with E-state index >= 15 is 0 Å². The van der Waals surface area contributed by atoms with E-state index in [9.17, 15) is 23.6 Å². The summed E-state index contributed by atoms with van der Waals surface area (Å²) in [5.74, 6) is -1.14. The lowest BCUT2D eigenvalue weighted by Gasteiger charge is -2.35. The lowest BCUT2D eigenvalue weighted by molar-refractivity contribution is -0.134. The van der Waals surface area contributed by atoms with E-state index in [0.717, 1.165) is 86.3 Å². The molecule has 0 radical (unpaired) electrons. The second kappa shape index (κ2) is 17.7. The van der Waals surface area contributed by atoms with Gasteiger partial charge in [0.05, 0.1) is 61.4 Å². The van der Waals surface area contributed by atoms with E-state index in [1.807, 2.05) is 47.1 Å². The molecule has 2 aromatic carbocycles. The highest BCUT2D eigenvalue weighted by atomic mass is 19.1. The average molecular weight is 831 g/mol. The third-order valence-corrected chi connectivity index (χ3v) is 11.8. The highest BCUT2D eigenvalue weighted by molar-refractivity contribution is 6.23. The van der Waals surface area contributed by atoms with Crippen LogP contribution in [0, 0.1) is 5.82 Å². The van der Waals surface area contributed by atoms with Crippen molar-refractivity contribution in [2.75, 3.05) is 87.4 Å². The van der Waals surface area contributed by atoms with Crippen LogP contribution in [0.3, 0.4) is 0 Å². The Labute approximate surface area is 351 Å². The van der Waals surface area contributed by atoms with E-state index < -0.39 is 23.6 Å². The second-order valence-electron chi connectivity index (χ2n) is 15.6. The summed E-state index contributed by atoms with van der Waals surface area (Å²) in [5, 5.41) is 12.9. The maximum atomic E-state index is 14.1. The predicted molar refractivity (Wildman–Crippen MR) is 224 cm³/mol. The summed E-state index contributed by atoms with van der Waals surface area (Å²) >= 11 is 0. The molecular formula is C44H47FN10O6. The molecule has 3 fully saturated rings. The number of nitrogens with zero attached hydrogens (tertiary/aromatic N) is 7. The van der Waals surface area contributed by atoms with Crippen molar-refractivity contribution in [1.82, 2.24) is 35.1 Å². The topological polar surface area (TPSA) is 176 Å². The molecule has 3 aromatic heterocycles. The fourth-order valence-electron chi connectivity index (χ4n) is 8.78. The summed E-state index contributed by atoms with van der Waals surface area (Å²) < 4.78 is 27.6. The number of pyridine rings is 1. The van der Waals surface area contributed by atoms with Crippen LogP contribution in [0.5, 0.6) is 0 Å². The normalized spacial score (nSPS) is 19.4. The van der Waals surface area contributed by atoms with Crippen molar-refractivity contribution < 1.29 is 33.0 Å². The number of piperidine rings is 1. The number of hydrogen-bond donors (Lipinski definition) is 3. The van der Waals surface area contributed by atoms with Gasteiger partial charge in [-0.1, -0.05) is 18.2 Å². The fourth-order valence-corrected chi connectivity index (χ4v) is 8.78. The van der Waals surface area contributed by atoms with Gasteiger partial charge in [-0.2, -0.15) is 0 Å². The number of carbonyl (C=O) groups excluding carboxylic acids is 4. The van der Waals surface area contributed by atoms with Gasteiger partial charge in [-0.3, -0.25) is 34.7 Å². The highest BCUT2D eigenvalue weighted by Crippen LogP contribution is 2.38. The van der Waals surface area contributed by atoms with Crippen LogP contribution in [0.2, 0.25) is 0 Å². The summed E-state index contributed by atoms with van der Waals surface area (Å²) in [7, 11) is 0. The Morgan fingerprint density at radius 2 is 1.66 bits per heavy atom. The van der Waals surface area contributed by atoms with E-state index in [-0.39, 0.29) is 41.7 Å². The zero-order chi connectivity index (χ0) is 41.9. The van der Waals surface area contributed by atoms with Gasteiger partial charge in [0.1, 0.15) is 23.1 Å². The number of hydrogen-bond acceptors (Lipinski definition) is 13. The maximum absolute atomic E-state index is 14.1. The molecule has 16 nitrogen and oxygen atoms in total. The van der Waals surface area contributed by atoms with Gasteiger partial charge in [0.25, 0.3) is 11.8 Å². The third-order valence-electron chi connectivity index (χ3n) is 11.8. The first-order valence-electron chi connectivity index (χ1n) is 20.9. The monoisotopic (exact) mass is 830 g/mol. The predicted octanol–water partition coefficient (Wildman–Crippen LogP) is 3.94. The molecule has 316 valence electrons. The number of halogens is 1. The van der Waals surface area contributed by atoms with Gasteiger partial charge < -0.3 is 24.6 Å². The molecule has 61 heavy (non-hydrogen) atoms. The van der Waals surface area contributed by atoms with Crippen molar-refractivity contribution in [3.63, 3.8) is 0 Å². The molecule has 4 amide bonds. The molecular weight excluding hydrogens is 784 g/mol. The van der Waals surface area contributed by atoms with Crippen LogP contribution in [0.4, 0.5) is 21.7 Å². The number of anilines is 3. The van der Waals surface area contributed by atoms with Crippen molar-refractivity contribution in [3.8, 4) is 11.4 Å². The molecule has 3 N–H and O–H groups in total. The van der Waals surface area contributed by atoms with Gasteiger partial charge in [-0.25, -0.2) is 18.9 Å². The Bertz CT molecular complexity index is 2470. The zero-order valence-corrected chi connectivity index (χ0v) is 33.6. The van der Waals surface area contributed by atoms with Crippen LogP contribution in [0.1, 0.15) is 69.5 Å². The van der Waals surface area contributed by atoms with Gasteiger partial charge in [0, 0.05) is 63.5 Å². The first-order chi connectivity index (χ1) is 29.8. The lowest BCUT2D eigenvalue weighted by atomic mass is 9.84. The van der Waals surface area contributed by atoms with Crippen LogP contribution >= 0.6 is 0 Å². The number of ether oxygens (including phenoxy) is 2. The van der Waals surface area contributed by atoms with E-state index in [4.69, 9.17) is 19.6 Å². The van der Waals surface area contributed by atoms with E-state index in [1.54, 1.807) is 24.3 Å². The van der Waals surface area contributed by atoms with Crippen molar-refractivity contribution in [2.24, 2.45) is 0 Å². The SMILES string of the molecule is O=C1CCC(c2c(NCCOCCOCCN3CCN(c4cccc(-c5cnc6ccc(N7CCC[C@H]7c7cccc(F)c7)nn56)n4)CC3)ccc3c2C(=O)NC3=O)C(=O)N1. The summed E-state index contributed by atoms with van der Waals surface area (Å²) in [6, 6.07) is 20.2. The van der Waals surface area contributed by atoms with Gasteiger partial charge in [0.15, 0.2) is 5.65 Å². The Hall–Kier alpha value is -6.30. The molecule has 3 saturated heterocycles. The molecule has 0 bridgehead atoms. The molecule has 7 heterocycles. The number of carbonyl (C=O) groups is 4. The first-order valence-corrected chi connectivity index (χ1v) is 20.9. The number of imidazole rings is 1. The minimum Gasteiger partial charge on any atom is -0.382 e. The maximum Gasteiger partial charge on any atom is 0.259 e. The number of aromatic nitrogens is 4. The summed E-state index contributed by atoms with van der Waals surface area (Å²) in [6.07, 6.45) is 4.15. The highest BCUT2D eigenvalue weighted by Gasteiger charge is 2.38. The van der Waals surface area contributed by atoms with Crippen LogP contribution in [0.25, 0.3) is 17.0 Å². The number of fused-ring (bicyclic) bond motifs is 2. The van der Waals surface area contributed by atoms with Crippen molar-refractivity contribution in [3.05, 3.63) is 101 Å². The Morgan fingerprint density at radius 1 is 0.820 bits per heavy atom. The van der Waals surface area contributed by atoms with Crippen LogP contribution in [-0.4, -0.2) is 120 Å². The summed E-state index contributed by atoms with van der Waals surface area (Å²) in [5.41, 5.74) is 4.66.